The van der Waals surface area contributed by atoms with E-state index in [9.17, 15) is 9.90 Å². The molecule has 4 fully saturated rings. The summed E-state index contributed by atoms with van der Waals surface area (Å²) in [5.74, 6) is 1.91. The van der Waals surface area contributed by atoms with Crippen LogP contribution in [-0.2, 0) is 4.79 Å². The van der Waals surface area contributed by atoms with Crippen LogP contribution in [-0.4, -0.2) is 17.5 Å². The lowest BCUT2D eigenvalue weighted by molar-refractivity contribution is -0.174. The van der Waals surface area contributed by atoms with Crippen molar-refractivity contribution in [2.24, 2.45) is 50.2 Å². The molecule has 8 atom stereocenters. The predicted molar refractivity (Wildman–Crippen MR) is 136 cm³/mol. The zero-order valence-corrected chi connectivity index (χ0v) is 22.4. The Kier molecular flexibility index (Phi) is 4.96. The third kappa shape index (κ3) is 2.85. The van der Waals surface area contributed by atoms with Crippen molar-refractivity contribution in [3.63, 3.8) is 0 Å². The second-order valence-electron chi connectivity index (χ2n) is 15.0. The number of allylic oxidation sites excluding steroid dienone is 3. The molecule has 5 unspecified atom stereocenters. The summed E-state index contributed by atoms with van der Waals surface area (Å²) < 4.78 is 0. The highest BCUT2D eigenvalue weighted by atomic mass is 16.3. The summed E-state index contributed by atoms with van der Waals surface area (Å²) in [4.78, 5) is 13.0. The maximum absolute atomic E-state index is 13.0. The Labute approximate surface area is 202 Å². The number of hydrogen-bond donors (Lipinski definition) is 1. The molecule has 0 amide bonds. The van der Waals surface area contributed by atoms with Crippen molar-refractivity contribution in [2.45, 2.75) is 106 Å². The summed E-state index contributed by atoms with van der Waals surface area (Å²) in [6.45, 7) is 22.0. The average Bonchev–Trinajstić information content (AvgIpc) is 2.74. The lowest BCUT2D eigenvalue weighted by atomic mass is 9.33. The number of aliphatic hydroxyl groups excluding tert-OH is 1. The van der Waals surface area contributed by atoms with Crippen molar-refractivity contribution in [2.75, 3.05) is 6.61 Å². The minimum atomic E-state index is -0.225. The largest absolute Gasteiger partial charge is 0.396 e. The third-order valence-electron chi connectivity index (χ3n) is 12.9. The molecule has 0 bridgehead atoms. The van der Waals surface area contributed by atoms with Gasteiger partial charge in [-0.15, -0.1) is 0 Å². The first-order valence-electron chi connectivity index (χ1n) is 13.7. The minimum Gasteiger partial charge on any atom is -0.396 e. The van der Waals surface area contributed by atoms with Gasteiger partial charge < -0.3 is 5.11 Å². The monoisotopic (exact) mass is 452 g/mol. The highest BCUT2D eigenvalue weighted by Gasteiger charge is 2.68. The Morgan fingerprint density at radius 1 is 0.970 bits per heavy atom. The van der Waals surface area contributed by atoms with E-state index in [0.717, 1.165) is 32.1 Å². The van der Waals surface area contributed by atoms with Crippen LogP contribution in [0.15, 0.2) is 23.8 Å². The van der Waals surface area contributed by atoms with Gasteiger partial charge in [-0.1, -0.05) is 72.3 Å². The number of aliphatic hydroxyl groups is 1. The van der Waals surface area contributed by atoms with Crippen LogP contribution in [0.3, 0.4) is 0 Å². The molecule has 0 aliphatic heterocycles. The van der Waals surface area contributed by atoms with E-state index in [1.54, 1.807) is 5.57 Å². The summed E-state index contributed by atoms with van der Waals surface area (Å²) in [7, 11) is 0. The lowest BCUT2D eigenvalue weighted by Crippen LogP contribution is -2.64. The van der Waals surface area contributed by atoms with Gasteiger partial charge in [-0.3, -0.25) is 4.79 Å². The molecule has 184 valence electrons. The smallest absolute Gasteiger partial charge is 0.138 e. The number of Topliss-reactive ketones (excluding diaryl/α,β-unsaturated/α-hetero) is 1. The van der Waals surface area contributed by atoms with E-state index in [1.807, 2.05) is 0 Å². The first-order valence-corrected chi connectivity index (χ1v) is 13.7. The third-order valence-corrected chi connectivity index (χ3v) is 12.9. The van der Waals surface area contributed by atoms with Gasteiger partial charge in [0.2, 0.25) is 0 Å². The second kappa shape index (κ2) is 6.86. The highest BCUT2D eigenvalue weighted by Crippen LogP contribution is 2.76. The first kappa shape index (κ1) is 23.8. The van der Waals surface area contributed by atoms with E-state index in [1.165, 1.54) is 31.3 Å². The van der Waals surface area contributed by atoms with Crippen LogP contribution in [0.5, 0.6) is 0 Å². The minimum absolute atomic E-state index is 0.0414. The fraction of sp³-hybridized carbons (Fsp3) is 0.839. The maximum Gasteiger partial charge on any atom is 0.138 e. The molecule has 0 heterocycles. The molecule has 2 nitrogen and oxygen atoms in total. The van der Waals surface area contributed by atoms with E-state index in [-0.39, 0.29) is 27.1 Å². The average molecular weight is 453 g/mol. The van der Waals surface area contributed by atoms with Gasteiger partial charge in [0.05, 0.1) is 0 Å². The normalized spacial score (nSPS) is 53.3. The summed E-state index contributed by atoms with van der Waals surface area (Å²) in [5, 5.41) is 10.2. The van der Waals surface area contributed by atoms with E-state index in [2.05, 4.69) is 54.5 Å². The van der Waals surface area contributed by atoms with Crippen LogP contribution < -0.4 is 0 Å². The molecule has 5 aliphatic rings. The van der Waals surface area contributed by atoms with E-state index in [4.69, 9.17) is 6.58 Å². The number of carbonyl (C=O) groups is 1. The fourth-order valence-corrected chi connectivity index (χ4v) is 10.4. The molecule has 4 saturated carbocycles. The zero-order chi connectivity index (χ0) is 24.2. The molecule has 0 aromatic carbocycles. The van der Waals surface area contributed by atoms with Crippen LogP contribution in [0, 0.1) is 50.2 Å². The molecular formula is C31H48O2. The van der Waals surface area contributed by atoms with Gasteiger partial charge in [0.1, 0.15) is 5.78 Å². The predicted octanol–water partition coefficient (Wildman–Crippen LogP) is 7.52. The zero-order valence-electron chi connectivity index (χ0n) is 22.4. The standard InChI is InChI=1S/C31H48O2/c1-20-17-21-22-18-27(4,19-32)13-14-28(22,5)15-16-30(21,7)31(8)12-9-23-26(2,3)24(33)10-11-29(23,6)25(20)31/h17,22-23,25,32H,1,9-16,18-19H2,2-8H3/t22?,23-,25?,27-,28?,29?,30+,31?/m0/s1. The quantitative estimate of drug-likeness (QED) is 0.447. The molecule has 5 rings (SSSR count). The van der Waals surface area contributed by atoms with Crippen LogP contribution >= 0.6 is 0 Å². The van der Waals surface area contributed by atoms with Crippen LogP contribution in [0.4, 0.5) is 0 Å². The van der Waals surface area contributed by atoms with Crippen molar-refractivity contribution in [1.29, 1.82) is 0 Å². The highest BCUT2D eigenvalue weighted by molar-refractivity contribution is 5.85. The number of ketones is 1. The lowest BCUT2D eigenvalue weighted by Gasteiger charge is -2.71. The molecule has 0 radical (unpaired) electrons. The Morgan fingerprint density at radius 2 is 1.64 bits per heavy atom. The Balaban J connectivity index is 1.63. The fourth-order valence-electron chi connectivity index (χ4n) is 10.4. The van der Waals surface area contributed by atoms with Gasteiger partial charge in [0, 0.05) is 18.4 Å². The summed E-state index contributed by atoms with van der Waals surface area (Å²) in [6, 6.07) is 0. The van der Waals surface area contributed by atoms with E-state index >= 15 is 0 Å². The molecule has 5 aliphatic carbocycles. The van der Waals surface area contributed by atoms with E-state index in [0.29, 0.717) is 35.6 Å². The van der Waals surface area contributed by atoms with Crippen molar-refractivity contribution >= 4 is 5.78 Å². The number of rotatable bonds is 1. The number of hydrogen-bond acceptors (Lipinski definition) is 2. The van der Waals surface area contributed by atoms with Gasteiger partial charge in [-0.05, 0) is 96.2 Å². The molecular weight excluding hydrogens is 404 g/mol. The molecule has 1 N–H and O–H groups in total. The molecule has 2 heteroatoms. The molecule has 0 saturated heterocycles. The van der Waals surface area contributed by atoms with Crippen LogP contribution in [0.1, 0.15) is 106 Å². The second-order valence-corrected chi connectivity index (χ2v) is 15.0. The maximum atomic E-state index is 13.0. The van der Waals surface area contributed by atoms with Gasteiger partial charge in [0.25, 0.3) is 0 Å². The van der Waals surface area contributed by atoms with Gasteiger partial charge >= 0.3 is 0 Å². The number of carbonyl (C=O) groups excluding carboxylic acids is 1. The first-order chi connectivity index (χ1) is 15.2. The Hall–Kier alpha value is -0.890. The van der Waals surface area contributed by atoms with Crippen LogP contribution in [0.2, 0.25) is 0 Å². The topological polar surface area (TPSA) is 37.3 Å². The summed E-state index contributed by atoms with van der Waals surface area (Å²) in [6.07, 6.45) is 12.7. The van der Waals surface area contributed by atoms with Gasteiger partial charge in [-0.2, -0.15) is 0 Å². The summed E-state index contributed by atoms with van der Waals surface area (Å²) >= 11 is 0. The molecule has 0 spiro atoms. The van der Waals surface area contributed by atoms with Crippen molar-refractivity contribution in [3.8, 4) is 0 Å². The van der Waals surface area contributed by atoms with E-state index < -0.39 is 0 Å². The van der Waals surface area contributed by atoms with Crippen molar-refractivity contribution in [3.05, 3.63) is 23.8 Å². The van der Waals surface area contributed by atoms with Crippen LogP contribution in [0.25, 0.3) is 0 Å². The number of fused-ring (bicyclic) bond motifs is 7. The van der Waals surface area contributed by atoms with Crippen molar-refractivity contribution in [1.82, 2.24) is 0 Å². The van der Waals surface area contributed by atoms with Gasteiger partial charge in [-0.25, -0.2) is 0 Å². The van der Waals surface area contributed by atoms with Gasteiger partial charge in [0.15, 0.2) is 0 Å². The van der Waals surface area contributed by atoms with Crippen molar-refractivity contribution < 1.29 is 9.90 Å². The summed E-state index contributed by atoms with van der Waals surface area (Å²) in [5.41, 5.74) is 3.66. The Bertz CT molecular complexity index is 927. The molecule has 0 aromatic rings. The Morgan fingerprint density at radius 3 is 2.30 bits per heavy atom. The molecule has 33 heavy (non-hydrogen) atoms. The molecule has 0 aromatic heterocycles. The SMILES string of the molecule is C=C1C=C2C3C[C@@](C)(CO)CCC3(C)CC[C@@]2(C)C2(C)CC[C@H]3C(C)(C)C(=O)CCC3(C)C12.